The molecule has 0 aliphatic carbocycles. The number of rotatable bonds is 2. The van der Waals surface area contributed by atoms with E-state index in [1.165, 1.54) is 0 Å². The smallest absolute Gasteiger partial charge is 0.300 e. The lowest BCUT2D eigenvalue weighted by molar-refractivity contribution is -0.606. The number of benzene rings is 2. The van der Waals surface area contributed by atoms with Crippen molar-refractivity contribution in [3.63, 3.8) is 0 Å². The normalized spacial score (nSPS) is 10.8. The standard InChI is InChI=1S/C21H18N5/c1-14-17(21-24-18-8-5-6-9-19(18)25(21)4)12-16(22-3)13-20(14)26-11-7-10-23-15(26)2/h5-13H,1-2,4H3/q+1. The Morgan fingerprint density at radius 2 is 1.92 bits per heavy atom. The molecule has 0 amide bonds. The molecule has 0 spiro atoms. The maximum atomic E-state index is 7.52. The van der Waals surface area contributed by atoms with Crippen LogP contribution in [0.3, 0.4) is 0 Å². The van der Waals surface area contributed by atoms with Gasteiger partial charge in [-0.25, -0.2) is 14.4 Å². The monoisotopic (exact) mass is 340 g/mol. The van der Waals surface area contributed by atoms with E-state index in [-0.39, 0.29) is 0 Å². The molecule has 126 valence electrons. The van der Waals surface area contributed by atoms with Crippen molar-refractivity contribution in [3.8, 4) is 17.1 Å². The molecule has 0 bridgehead atoms. The third-order valence-electron chi connectivity index (χ3n) is 4.71. The molecule has 4 rings (SSSR count). The van der Waals surface area contributed by atoms with Crippen LogP contribution in [0.4, 0.5) is 5.69 Å². The minimum atomic E-state index is 0.586. The molecule has 0 fully saturated rings. The van der Waals surface area contributed by atoms with Gasteiger partial charge in [-0.1, -0.05) is 17.1 Å². The lowest BCUT2D eigenvalue weighted by Gasteiger charge is -2.12. The van der Waals surface area contributed by atoms with E-state index in [1.807, 2.05) is 61.1 Å². The Kier molecular flexibility index (Phi) is 3.74. The molecule has 0 atom stereocenters. The summed E-state index contributed by atoms with van der Waals surface area (Å²) in [4.78, 5) is 12.9. The molecule has 0 aliphatic heterocycles. The summed E-state index contributed by atoms with van der Waals surface area (Å²) in [5.41, 5.74) is 5.58. The SMILES string of the molecule is [C-]#[N+]c1cc(-c2nc3ccccc3n2C)c(C)c(-[n+]2cccnc2C)c1. The van der Waals surface area contributed by atoms with Crippen molar-refractivity contribution >= 4 is 16.7 Å². The van der Waals surface area contributed by atoms with E-state index < -0.39 is 0 Å². The van der Waals surface area contributed by atoms with E-state index >= 15 is 0 Å². The minimum Gasteiger partial charge on any atom is -0.327 e. The summed E-state index contributed by atoms with van der Waals surface area (Å²) in [5, 5.41) is 0. The van der Waals surface area contributed by atoms with Crippen LogP contribution < -0.4 is 4.57 Å². The van der Waals surface area contributed by atoms with Gasteiger partial charge in [0.1, 0.15) is 23.9 Å². The molecule has 0 saturated heterocycles. The molecule has 2 aromatic carbocycles. The zero-order chi connectivity index (χ0) is 18.3. The first-order chi connectivity index (χ1) is 12.6. The van der Waals surface area contributed by atoms with Crippen LogP contribution in [0.25, 0.3) is 33.0 Å². The molecule has 4 aromatic rings. The van der Waals surface area contributed by atoms with Crippen LogP contribution in [0.15, 0.2) is 54.9 Å². The number of fused-ring (bicyclic) bond motifs is 1. The Morgan fingerprint density at radius 3 is 2.65 bits per heavy atom. The average Bonchev–Trinajstić information content (AvgIpc) is 2.99. The highest BCUT2D eigenvalue weighted by Crippen LogP contribution is 2.32. The first-order valence-electron chi connectivity index (χ1n) is 8.37. The van der Waals surface area contributed by atoms with E-state index in [0.29, 0.717) is 5.69 Å². The fraction of sp³-hybridized carbons (Fsp3) is 0.143. The van der Waals surface area contributed by atoms with Crippen LogP contribution in [-0.2, 0) is 7.05 Å². The maximum Gasteiger partial charge on any atom is 0.300 e. The van der Waals surface area contributed by atoms with Gasteiger partial charge in [-0.3, -0.25) is 0 Å². The van der Waals surface area contributed by atoms with Gasteiger partial charge < -0.3 is 4.57 Å². The molecule has 26 heavy (non-hydrogen) atoms. The van der Waals surface area contributed by atoms with Crippen molar-refractivity contribution in [2.45, 2.75) is 13.8 Å². The predicted octanol–water partition coefficient (Wildman–Crippen LogP) is 4.08. The maximum absolute atomic E-state index is 7.52. The first kappa shape index (κ1) is 16.0. The largest absolute Gasteiger partial charge is 0.327 e. The van der Waals surface area contributed by atoms with Gasteiger partial charge in [-0.15, -0.1) is 0 Å². The van der Waals surface area contributed by atoms with Crippen molar-refractivity contribution in [2.24, 2.45) is 7.05 Å². The number of imidazole rings is 1. The lowest BCUT2D eigenvalue weighted by Crippen LogP contribution is -2.35. The Labute approximate surface area is 152 Å². The van der Waals surface area contributed by atoms with Gasteiger partial charge in [-0.05, 0) is 31.2 Å². The molecule has 0 radical (unpaired) electrons. The van der Waals surface area contributed by atoms with E-state index in [0.717, 1.165) is 39.5 Å². The van der Waals surface area contributed by atoms with Gasteiger partial charge in [0.05, 0.1) is 17.6 Å². The number of para-hydroxylation sites is 2. The Bertz CT molecular complexity index is 1180. The van der Waals surface area contributed by atoms with Gasteiger partial charge in [0.25, 0.3) is 5.82 Å². The summed E-state index contributed by atoms with van der Waals surface area (Å²) >= 11 is 0. The summed E-state index contributed by atoms with van der Waals surface area (Å²) in [6, 6.07) is 13.8. The lowest BCUT2D eigenvalue weighted by atomic mass is 10.0. The van der Waals surface area contributed by atoms with Crippen LogP contribution in [-0.4, -0.2) is 14.5 Å². The van der Waals surface area contributed by atoms with Crippen LogP contribution in [0.5, 0.6) is 0 Å². The highest BCUT2D eigenvalue weighted by Gasteiger charge is 2.19. The molecular weight excluding hydrogens is 322 g/mol. The van der Waals surface area contributed by atoms with E-state index in [1.54, 1.807) is 6.20 Å². The molecule has 5 heteroatoms. The summed E-state index contributed by atoms with van der Waals surface area (Å²) in [7, 11) is 2.01. The van der Waals surface area contributed by atoms with Gasteiger partial charge >= 0.3 is 0 Å². The van der Waals surface area contributed by atoms with Crippen LogP contribution in [0, 0.1) is 20.4 Å². The number of aryl methyl sites for hydroxylation is 2. The topological polar surface area (TPSA) is 39.0 Å². The fourth-order valence-corrected chi connectivity index (χ4v) is 3.32. The molecule has 2 aromatic heterocycles. The van der Waals surface area contributed by atoms with Crippen molar-refractivity contribution in [2.75, 3.05) is 0 Å². The number of nitrogens with zero attached hydrogens (tertiary/aromatic N) is 5. The van der Waals surface area contributed by atoms with Gasteiger partial charge in [0, 0.05) is 31.2 Å². The Morgan fingerprint density at radius 1 is 1.12 bits per heavy atom. The molecular formula is C21H18N5+. The zero-order valence-corrected chi connectivity index (χ0v) is 14.9. The van der Waals surface area contributed by atoms with E-state index in [4.69, 9.17) is 11.6 Å². The van der Waals surface area contributed by atoms with Crippen molar-refractivity contribution in [1.29, 1.82) is 0 Å². The second-order valence-corrected chi connectivity index (χ2v) is 6.27. The Balaban J connectivity index is 2.03. The second-order valence-electron chi connectivity index (χ2n) is 6.27. The second kappa shape index (κ2) is 6.08. The number of hydrogen-bond donors (Lipinski definition) is 0. The third kappa shape index (κ3) is 2.44. The molecule has 0 saturated carbocycles. The van der Waals surface area contributed by atoms with Crippen LogP contribution >= 0.6 is 0 Å². The van der Waals surface area contributed by atoms with Gasteiger partial charge in [-0.2, -0.15) is 0 Å². The van der Waals surface area contributed by atoms with Crippen molar-refractivity contribution in [1.82, 2.24) is 14.5 Å². The highest BCUT2D eigenvalue weighted by molar-refractivity contribution is 5.82. The first-order valence-corrected chi connectivity index (χ1v) is 8.37. The van der Waals surface area contributed by atoms with Gasteiger partial charge in [0.2, 0.25) is 0 Å². The van der Waals surface area contributed by atoms with Crippen LogP contribution in [0.1, 0.15) is 11.4 Å². The molecule has 0 unspecified atom stereocenters. The van der Waals surface area contributed by atoms with Crippen molar-refractivity contribution < 1.29 is 4.57 Å². The third-order valence-corrected chi connectivity index (χ3v) is 4.71. The molecule has 0 N–H and O–H groups in total. The summed E-state index contributed by atoms with van der Waals surface area (Å²) in [6.07, 6.45) is 3.74. The highest BCUT2D eigenvalue weighted by atomic mass is 15.1. The summed E-state index contributed by atoms with van der Waals surface area (Å²) in [5.74, 6) is 1.73. The quantitative estimate of drug-likeness (QED) is 0.407. The van der Waals surface area contributed by atoms with Crippen molar-refractivity contribution in [3.05, 3.63) is 77.7 Å². The average molecular weight is 340 g/mol. The van der Waals surface area contributed by atoms with E-state index in [9.17, 15) is 0 Å². The number of aromatic nitrogens is 4. The van der Waals surface area contributed by atoms with Crippen LogP contribution in [0.2, 0.25) is 0 Å². The Hall–Kier alpha value is -3.52. The fourth-order valence-electron chi connectivity index (χ4n) is 3.32. The molecule has 0 aliphatic rings. The zero-order valence-electron chi connectivity index (χ0n) is 14.9. The van der Waals surface area contributed by atoms with E-state index in [2.05, 4.69) is 27.4 Å². The predicted molar refractivity (Wildman–Crippen MR) is 101 cm³/mol. The number of hydrogen-bond acceptors (Lipinski definition) is 2. The summed E-state index contributed by atoms with van der Waals surface area (Å²) in [6.45, 7) is 11.5. The molecule has 5 nitrogen and oxygen atoms in total. The minimum absolute atomic E-state index is 0.586. The molecule has 2 heterocycles. The summed E-state index contributed by atoms with van der Waals surface area (Å²) < 4.78 is 4.09. The van der Waals surface area contributed by atoms with Gasteiger partial charge in [0.15, 0.2) is 5.69 Å².